The molecule has 2 aromatic carbocycles. The molecule has 6 heteroatoms. The van der Waals surface area contributed by atoms with Gasteiger partial charge in [-0.25, -0.2) is 8.42 Å². The summed E-state index contributed by atoms with van der Waals surface area (Å²) in [5, 5.41) is 0. The van der Waals surface area contributed by atoms with E-state index in [0.29, 0.717) is 22.3 Å². The largest absolute Gasteiger partial charge is 0.496 e. The molecule has 21 heavy (non-hydrogen) atoms. The third kappa shape index (κ3) is 3.64. The van der Waals surface area contributed by atoms with Gasteiger partial charge in [-0.2, -0.15) is 0 Å². The molecular weight excluding hydrogens is 354 g/mol. The zero-order valence-corrected chi connectivity index (χ0v) is 13.9. The molecule has 0 aliphatic rings. The molecule has 0 unspecified atom stereocenters. The first-order valence-electron chi connectivity index (χ1n) is 6.31. The van der Waals surface area contributed by atoms with Crippen molar-refractivity contribution in [1.29, 1.82) is 0 Å². The van der Waals surface area contributed by atoms with Crippen LogP contribution in [0.5, 0.6) is 5.75 Å². The van der Waals surface area contributed by atoms with Crippen LogP contribution in [0.4, 0.5) is 0 Å². The highest BCUT2D eigenvalue weighted by molar-refractivity contribution is 9.10. The Morgan fingerprint density at radius 3 is 2.52 bits per heavy atom. The van der Waals surface area contributed by atoms with Gasteiger partial charge in [0.1, 0.15) is 5.75 Å². The fraction of sp³-hybridized carbons (Fsp3) is 0.200. The summed E-state index contributed by atoms with van der Waals surface area (Å²) in [4.78, 5) is 0.287. The number of methoxy groups -OCH3 is 1. The summed E-state index contributed by atoms with van der Waals surface area (Å²) in [6.07, 6.45) is 0. The van der Waals surface area contributed by atoms with Crippen molar-refractivity contribution >= 4 is 25.8 Å². The molecule has 0 bridgehead atoms. The van der Waals surface area contributed by atoms with Crippen LogP contribution in [0.15, 0.2) is 51.8 Å². The topological polar surface area (TPSA) is 69.4 Å². The Kier molecular flexibility index (Phi) is 5.03. The number of hydrogen-bond donors (Lipinski definition) is 1. The fourth-order valence-corrected chi connectivity index (χ4v) is 4.52. The Morgan fingerprint density at radius 1 is 1.19 bits per heavy atom. The van der Waals surface area contributed by atoms with E-state index in [1.165, 1.54) is 0 Å². The summed E-state index contributed by atoms with van der Waals surface area (Å²) in [7, 11) is -1.86. The van der Waals surface area contributed by atoms with E-state index < -0.39 is 9.84 Å². The third-order valence-electron chi connectivity index (χ3n) is 3.09. The molecule has 2 N–H and O–H groups in total. The number of halogens is 1. The van der Waals surface area contributed by atoms with Crippen molar-refractivity contribution in [2.75, 3.05) is 7.11 Å². The van der Waals surface area contributed by atoms with Crippen LogP contribution in [0, 0.1) is 0 Å². The van der Waals surface area contributed by atoms with Crippen LogP contribution >= 0.6 is 15.9 Å². The van der Waals surface area contributed by atoms with Crippen molar-refractivity contribution in [2.45, 2.75) is 17.2 Å². The van der Waals surface area contributed by atoms with Crippen molar-refractivity contribution in [3.05, 3.63) is 58.1 Å². The van der Waals surface area contributed by atoms with Gasteiger partial charge >= 0.3 is 0 Å². The number of ether oxygens (including phenoxy) is 1. The predicted octanol–water partition coefficient (Wildman–Crippen LogP) is 2.89. The lowest BCUT2D eigenvalue weighted by Crippen LogP contribution is -2.07. The first kappa shape index (κ1) is 16.0. The molecule has 0 saturated heterocycles. The lowest BCUT2D eigenvalue weighted by Gasteiger charge is -2.10. The second-order valence-electron chi connectivity index (χ2n) is 4.54. The van der Waals surface area contributed by atoms with Gasteiger partial charge in [0.05, 0.1) is 17.8 Å². The van der Waals surface area contributed by atoms with E-state index in [9.17, 15) is 8.42 Å². The average Bonchev–Trinajstić information content (AvgIpc) is 2.47. The first-order valence-corrected chi connectivity index (χ1v) is 8.75. The normalized spacial score (nSPS) is 11.4. The molecule has 2 aromatic rings. The highest BCUT2D eigenvalue weighted by Gasteiger charge is 2.18. The van der Waals surface area contributed by atoms with E-state index in [-0.39, 0.29) is 10.6 Å². The van der Waals surface area contributed by atoms with Crippen molar-refractivity contribution < 1.29 is 13.2 Å². The summed E-state index contributed by atoms with van der Waals surface area (Å²) in [6, 6.07) is 12.0. The molecule has 0 heterocycles. The molecular formula is C15H16BrNO3S. The fourth-order valence-electron chi connectivity index (χ4n) is 2.08. The Hall–Kier alpha value is -1.37. The molecule has 0 aliphatic heterocycles. The lowest BCUT2D eigenvalue weighted by atomic mass is 10.1. The van der Waals surface area contributed by atoms with E-state index in [1.54, 1.807) is 49.6 Å². The van der Waals surface area contributed by atoms with Crippen LogP contribution in [0.25, 0.3) is 0 Å². The monoisotopic (exact) mass is 369 g/mol. The standard InChI is InChI=1S/C15H16BrNO3S/c1-20-14-7-6-11(8-12(14)9-17)10-21(18,19)15-5-3-2-4-13(15)16/h2-8H,9-10,17H2,1H3. The number of hydrogen-bond acceptors (Lipinski definition) is 4. The van der Waals surface area contributed by atoms with Crippen LogP contribution < -0.4 is 10.5 Å². The van der Waals surface area contributed by atoms with Crippen molar-refractivity contribution in [3.63, 3.8) is 0 Å². The van der Waals surface area contributed by atoms with Gasteiger partial charge < -0.3 is 10.5 Å². The van der Waals surface area contributed by atoms with Gasteiger partial charge in [0.25, 0.3) is 0 Å². The van der Waals surface area contributed by atoms with Crippen molar-refractivity contribution in [1.82, 2.24) is 0 Å². The predicted molar refractivity (Wildman–Crippen MR) is 85.9 cm³/mol. The summed E-state index contributed by atoms with van der Waals surface area (Å²) < 4.78 is 30.7. The van der Waals surface area contributed by atoms with Crippen LogP contribution in [-0.4, -0.2) is 15.5 Å². The highest BCUT2D eigenvalue weighted by Crippen LogP contribution is 2.26. The molecule has 0 atom stereocenters. The molecule has 112 valence electrons. The summed E-state index contributed by atoms with van der Waals surface area (Å²) >= 11 is 3.28. The zero-order chi connectivity index (χ0) is 15.5. The second kappa shape index (κ2) is 6.60. The van der Waals surface area contributed by atoms with Gasteiger partial charge in [0.2, 0.25) is 0 Å². The summed E-state index contributed by atoms with van der Waals surface area (Å²) in [6.45, 7) is 0.298. The maximum absolute atomic E-state index is 12.5. The second-order valence-corrected chi connectivity index (χ2v) is 7.35. The van der Waals surface area contributed by atoms with Gasteiger partial charge in [-0.3, -0.25) is 0 Å². The Morgan fingerprint density at radius 2 is 1.90 bits per heavy atom. The molecule has 0 spiro atoms. The highest BCUT2D eigenvalue weighted by atomic mass is 79.9. The number of sulfone groups is 1. The molecule has 0 radical (unpaired) electrons. The lowest BCUT2D eigenvalue weighted by molar-refractivity contribution is 0.409. The van der Waals surface area contributed by atoms with Crippen LogP contribution in [0.3, 0.4) is 0 Å². The van der Waals surface area contributed by atoms with E-state index in [0.717, 1.165) is 5.56 Å². The molecule has 0 saturated carbocycles. The number of benzene rings is 2. The minimum absolute atomic E-state index is 0.0768. The summed E-state index contributed by atoms with van der Waals surface area (Å²) in [5.41, 5.74) is 7.13. The maximum atomic E-state index is 12.5. The van der Waals surface area contributed by atoms with Gasteiger partial charge in [-0.1, -0.05) is 18.2 Å². The average molecular weight is 370 g/mol. The van der Waals surface area contributed by atoms with E-state index in [2.05, 4.69) is 15.9 Å². The van der Waals surface area contributed by atoms with Crippen LogP contribution in [0.2, 0.25) is 0 Å². The SMILES string of the molecule is COc1ccc(CS(=O)(=O)c2ccccc2Br)cc1CN. The van der Waals surface area contributed by atoms with E-state index >= 15 is 0 Å². The van der Waals surface area contributed by atoms with Crippen LogP contribution in [-0.2, 0) is 22.1 Å². The zero-order valence-electron chi connectivity index (χ0n) is 11.5. The Balaban J connectivity index is 2.35. The van der Waals surface area contributed by atoms with Gasteiger partial charge in [-0.05, 0) is 45.8 Å². The van der Waals surface area contributed by atoms with E-state index in [4.69, 9.17) is 10.5 Å². The minimum Gasteiger partial charge on any atom is -0.496 e. The molecule has 0 amide bonds. The van der Waals surface area contributed by atoms with Crippen LogP contribution in [0.1, 0.15) is 11.1 Å². The number of rotatable bonds is 5. The maximum Gasteiger partial charge on any atom is 0.183 e. The molecule has 4 nitrogen and oxygen atoms in total. The van der Waals surface area contributed by atoms with E-state index in [1.807, 2.05) is 0 Å². The third-order valence-corrected chi connectivity index (χ3v) is 5.79. The quantitative estimate of drug-likeness (QED) is 0.879. The van der Waals surface area contributed by atoms with Crippen molar-refractivity contribution in [2.24, 2.45) is 5.73 Å². The number of nitrogens with two attached hydrogens (primary N) is 1. The van der Waals surface area contributed by atoms with Crippen molar-refractivity contribution in [3.8, 4) is 5.75 Å². The minimum atomic E-state index is -3.42. The summed E-state index contributed by atoms with van der Waals surface area (Å²) in [5.74, 6) is 0.589. The van der Waals surface area contributed by atoms with Gasteiger partial charge in [-0.15, -0.1) is 0 Å². The van der Waals surface area contributed by atoms with Gasteiger partial charge in [0, 0.05) is 16.6 Å². The molecule has 0 aromatic heterocycles. The molecule has 2 rings (SSSR count). The molecule has 0 fully saturated rings. The smallest absolute Gasteiger partial charge is 0.183 e. The first-order chi connectivity index (χ1) is 9.97. The Bertz CT molecular complexity index is 744. The molecule has 0 aliphatic carbocycles. The Labute approximate surface area is 133 Å². The van der Waals surface area contributed by atoms with Gasteiger partial charge in [0.15, 0.2) is 9.84 Å².